The van der Waals surface area contributed by atoms with E-state index in [9.17, 15) is 8.42 Å². The van der Waals surface area contributed by atoms with Crippen LogP contribution >= 0.6 is 24.0 Å². The molecule has 0 fully saturated rings. The molecule has 27 heavy (non-hydrogen) atoms. The monoisotopic (exact) mass is 506 g/mol. The Kier molecular flexibility index (Phi) is 9.70. The van der Waals surface area contributed by atoms with E-state index in [2.05, 4.69) is 25.7 Å². The lowest BCUT2D eigenvalue weighted by Gasteiger charge is -2.17. The zero-order valence-corrected chi connectivity index (χ0v) is 18.9. The number of sulfone groups is 1. The number of hydrogen-bond donors (Lipinski definition) is 2. The molecule has 0 bridgehead atoms. The highest BCUT2D eigenvalue weighted by Gasteiger charge is 2.09. The van der Waals surface area contributed by atoms with Crippen molar-refractivity contribution in [3.8, 4) is 5.69 Å². The molecule has 2 rings (SSSR count). The van der Waals surface area contributed by atoms with Crippen LogP contribution in [0.2, 0.25) is 0 Å². The molecule has 8 nitrogen and oxygen atoms in total. The van der Waals surface area contributed by atoms with Crippen LogP contribution in [-0.4, -0.2) is 53.7 Å². The zero-order valence-electron chi connectivity index (χ0n) is 15.8. The zero-order chi connectivity index (χ0) is 19.0. The number of aromatic nitrogens is 3. The third-order valence-electron chi connectivity index (χ3n) is 3.69. The number of aliphatic imine (C=N–C) groups is 1. The number of hydrogen-bond acceptors (Lipinski definition) is 5. The highest BCUT2D eigenvalue weighted by molar-refractivity contribution is 14.0. The summed E-state index contributed by atoms with van der Waals surface area (Å²) in [5.74, 6) is 0.832. The van der Waals surface area contributed by atoms with Gasteiger partial charge in [-0.25, -0.2) is 23.1 Å². The maximum atomic E-state index is 11.3. The Bertz CT molecular complexity index is 806. The van der Waals surface area contributed by atoms with Crippen molar-refractivity contribution in [3.05, 3.63) is 42.5 Å². The second kappa shape index (κ2) is 11.2. The normalized spacial score (nSPS) is 12.9. The predicted molar refractivity (Wildman–Crippen MR) is 119 cm³/mol. The van der Waals surface area contributed by atoms with Gasteiger partial charge < -0.3 is 10.6 Å². The van der Waals surface area contributed by atoms with Gasteiger partial charge in [0.15, 0.2) is 5.96 Å². The summed E-state index contributed by atoms with van der Waals surface area (Å²) < 4.78 is 24.3. The van der Waals surface area contributed by atoms with E-state index in [4.69, 9.17) is 0 Å². The summed E-state index contributed by atoms with van der Waals surface area (Å²) in [6, 6.07) is 7.94. The van der Waals surface area contributed by atoms with Crippen LogP contribution in [0.4, 0.5) is 0 Å². The summed E-state index contributed by atoms with van der Waals surface area (Å²) in [6.45, 7) is 5.19. The molecule has 0 saturated carbocycles. The smallest absolute Gasteiger partial charge is 0.191 e. The van der Waals surface area contributed by atoms with Crippen LogP contribution in [0, 0.1) is 0 Å². The molecule has 1 aromatic heterocycles. The summed E-state index contributed by atoms with van der Waals surface area (Å²) in [4.78, 5) is 8.51. The van der Waals surface area contributed by atoms with Crippen molar-refractivity contribution in [3.63, 3.8) is 0 Å². The highest BCUT2D eigenvalue weighted by atomic mass is 127. The molecule has 10 heteroatoms. The number of guanidine groups is 1. The lowest BCUT2D eigenvalue weighted by Crippen LogP contribution is -2.42. The molecule has 0 aliphatic rings. The van der Waals surface area contributed by atoms with Gasteiger partial charge in [-0.1, -0.05) is 12.1 Å². The van der Waals surface area contributed by atoms with Crippen LogP contribution in [-0.2, 0) is 16.4 Å². The summed E-state index contributed by atoms with van der Waals surface area (Å²) in [7, 11) is -2.96. The van der Waals surface area contributed by atoms with Gasteiger partial charge in [0, 0.05) is 18.8 Å². The quantitative estimate of drug-likeness (QED) is 0.322. The van der Waals surface area contributed by atoms with Gasteiger partial charge in [0.25, 0.3) is 0 Å². The largest absolute Gasteiger partial charge is 0.357 e. The molecule has 150 valence electrons. The molecule has 0 aliphatic carbocycles. The fourth-order valence-corrected chi connectivity index (χ4v) is 3.06. The number of nitrogens with one attached hydrogen (secondary N) is 2. The SMILES string of the molecule is CCNC(=NCc1ccc(-n2cncn2)cc1)NC(C)CCS(C)(=O)=O.I. The van der Waals surface area contributed by atoms with Crippen molar-refractivity contribution >= 4 is 39.8 Å². The molecule has 2 aromatic rings. The van der Waals surface area contributed by atoms with Crippen molar-refractivity contribution < 1.29 is 8.42 Å². The van der Waals surface area contributed by atoms with E-state index < -0.39 is 9.84 Å². The fourth-order valence-electron chi connectivity index (χ4n) is 2.28. The van der Waals surface area contributed by atoms with E-state index in [0.717, 1.165) is 17.8 Å². The minimum Gasteiger partial charge on any atom is -0.357 e. The first-order valence-electron chi connectivity index (χ1n) is 8.54. The lowest BCUT2D eigenvalue weighted by molar-refractivity contribution is 0.581. The molecule has 0 amide bonds. The van der Waals surface area contributed by atoms with E-state index in [1.165, 1.54) is 12.6 Å². The average Bonchev–Trinajstić information content (AvgIpc) is 3.12. The predicted octanol–water partition coefficient (Wildman–Crippen LogP) is 1.76. The van der Waals surface area contributed by atoms with Gasteiger partial charge in [-0.2, -0.15) is 5.10 Å². The minimum absolute atomic E-state index is 0. The second-order valence-corrected chi connectivity index (χ2v) is 8.43. The third-order valence-corrected chi connectivity index (χ3v) is 4.67. The third kappa shape index (κ3) is 8.69. The topological polar surface area (TPSA) is 101 Å². The molecular formula is C17H27IN6O2S. The Balaban J connectivity index is 0.00000364. The molecular weight excluding hydrogens is 479 g/mol. The van der Waals surface area contributed by atoms with E-state index >= 15 is 0 Å². The van der Waals surface area contributed by atoms with Crippen molar-refractivity contribution in [2.24, 2.45) is 4.99 Å². The Hall–Kier alpha value is -1.69. The molecule has 1 aromatic carbocycles. The van der Waals surface area contributed by atoms with Gasteiger partial charge in [0.2, 0.25) is 0 Å². The molecule has 0 aliphatic heterocycles. The molecule has 1 atom stereocenters. The summed E-state index contributed by atoms with van der Waals surface area (Å²) in [5.41, 5.74) is 2.00. The summed E-state index contributed by atoms with van der Waals surface area (Å²) >= 11 is 0. The first-order valence-corrected chi connectivity index (χ1v) is 10.6. The van der Waals surface area contributed by atoms with E-state index in [1.807, 2.05) is 38.1 Å². The van der Waals surface area contributed by atoms with Gasteiger partial charge >= 0.3 is 0 Å². The lowest BCUT2D eigenvalue weighted by atomic mass is 10.2. The number of benzene rings is 1. The number of nitrogens with zero attached hydrogens (tertiary/aromatic N) is 4. The first kappa shape index (κ1) is 23.3. The Labute approximate surface area is 177 Å². The van der Waals surface area contributed by atoms with Gasteiger partial charge in [-0.05, 0) is 38.0 Å². The standard InChI is InChI=1S/C17H26N6O2S.HI/c1-4-19-17(22-14(2)9-10-26(3,24)25)20-11-15-5-7-16(8-6-15)23-13-18-12-21-23;/h5-8,12-14H,4,9-11H2,1-3H3,(H2,19,20,22);1H. The molecule has 1 unspecified atom stereocenters. The van der Waals surface area contributed by atoms with Crippen LogP contribution in [0.5, 0.6) is 0 Å². The van der Waals surface area contributed by atoms with E-state index in [1.54, 1.807) is 11.0 Å². The van der Waals surface area contributed by atoms with E-state index in [-0.39, 0.29) is 35.8 Å². The average molecular weight is 506 g/mol. The molecule has 0 radical (unpaired) electrons. The van der Waals surface area contributed by atoms with Crippen LogP contribution in [0.15, 0.2) is 41.9 Å². The van der Waals surface area contributed by atoms with Gasteiger partial charge in [-0.3, -0.25) is 0 Å². The minimum atomic E-state index is -2.96. The Morgan fingerprint density at radius 3 is 2.56 bits per heavy atom. The van der Waals surface area contributed by atoms with Crippen molar-refractivity contribution in [2.45, 2.75) is 32.9 Å². The summed E-state index contributed by atoms with van der Waals surface area (Å²) in [6.07, 6.45) is 4.94. The van der Waals surface area contributed by atoms with Gasteiger partial charge in [0.05, 0.1) is 18.0 Å². The van der Waals surface area contributed by atoms with Crippen LogP contribution in [0.3, 0.4) is 0 Å². The van der Waals surface area contributed by atoms with Crippen LogP contribution in [0.1, 0.15) is 25.8 Å². The molecule has 1 heterocycles. The molecule has 0 spiro atoms. The molecule has 0 saturated heterocycles. The van der Waals surface area contributed by atoms with Crippen molar-refractivity contribution in [1.29, 1.82) is 0 Å². The fraction of sp³-hybridized carbons (Fsp3) is 0.471. The summed E-state index contributed by atoms with van der Waals surface area (Å²) in [5, 5.41) is 10.5. The Morgan fingerprint density at radius 1 is 1.30 bits per heavy atom. The molecule has 2 N–H and O–H groups in total. The first-order chi connectivity index (χ1) is 12.4. The van der Waals surface area contributed by atoms with Crippen molar-refractivity contribution in [1.82, 2.24) is 25.4 Å². The van der Waals surface area contributed by atoms with Gasteiger partial charge in [-0.15, -0.1) is 24.0 Å². The highest BCUT2D eigenvalue weighted by Crippen LogP contribution is 2.09. The maximum Gasteiger partial charge on any atom is 0.191 e. The Morgan fingerprint density at radius 2 is 2.00 bits per heavy atom. The maximum absolute atomic E-state index is 11.3. The van der Waals surface area contributed by atoms with Crippen LogP contribution in [0.25, 0.3) is 5.69 Å². The van der Waals surface area contributed by atoms with Crippen molar-refractivity contribution in [2.75, 3.05) is 18.6 Å². The van der Waals surface area contributed by atoms with Gasteiger partial charge in [0.1, 0.15) is 22.5 Å². The van der Waals surface area contributed by atoms with Crippen LogP contribution < -0.4 is 10.6 Å². The van der Waals surface area contributed by atoms with E-state index in [0.29, 0.717) is 18.9 Å². The number of halogens is 1. The number of rotatable bonds is 8. The second-order valence-electron chi connectivity index (χ2n) is 6.17.